The van der Waals surface area contributed by atoms with Crippen LogP contribution in [0.5, 0.6) is 0 Å². The molecule has 0 saturated carbocycles. The van der Waals surface area contributed by atoms with Gasteiger partial charge >= 0.3 is 0 Å². The van der Waals surface area contributed by atoms with Crippen LogP contribution >= 0.6 is 0 Å². The molecule has 0 fully saturated rings. The summed E-state index contributed by atoms with van der Waals surface area (Å²) in [6.07, 6.45) is 9.86. The first kappa shape index (κ1) is 11.7. The fraction of sp³-hybridized carbons (Fsp3) is 0.500. The van der Waals surface area contributed by atoms with Crippen molar-refractivity contribution in [3.8, 4) is 0 Å². The van der Waals surface area contributed by atoms with Crippen LogP contribution in [0.15, 0.2) is 24.8 Å². The third kappa shape index (κ3) is 3.70. The lowest BCUT2D eigenvalue weighted by molar-refractivity contribution is -0.136. The molecule has 82 valence electrons. The van der Waals surface area contributed by atoms with Crippen molar-refractivity contribution in [1.29, 1.82) is 0 Å². The Hall–Kier alpha value is -1.38. The monoisotopic (exact) mass is 207 g/mol. The Bertz CT molecular complexity index is 263. The summed E-state index contributed by atoms with van der Waals surface area (Å²) >= 11 is 0. The number of amides is 2. The third-order valence-electron chi connectivity index (χ3n) is 2.44. The van der Waals surface area contributed by atoms with Crippen molar-refractivity contribution < 1.29 is 9.59 Å². The minimum atomic E-state index is -0.175. The summed E-state index contributed by atoms with van der Waals surface area (Å²) in [5, 5.41) is 0. The second-order valence-corrected chi connectivity index (χ2v) is 3.65. The molecular formula is C12H17NO2. The van der Waals surface area contributed by atoms with Crippen LogP contribution in [0.4, 0.5) is 0 Å². The van der Waals surface area contributed by atoms with Gasteiger partial charge in [0, 0.05) is 18.7 Å². The number of hydrogen-bond acceptors (Lipinski definition) is 2. The summed E-state index contributed by atoms with van der Waals surface area (Å²) in [6.45, 7) is 4.21. The zero-order chi connectivity index (χ0) is 11.1. The maximum absolute atomic E-state index is 11.2. The summed E-state index contributed by atoms with van der Waals surface area (Å²) in [4.78, 5) is 23.6. The lowest BCUT2D eigenvalue weighted by Gasteiger charge is -2.12. The molecule has 0 atom stereocenters. The molecule has 0 aromatic carbocycles. The van der Waals surface area contributed by atoms with Crippen molar-refractivity contribution in [3.05, 3.63) is 24.8 Å². The number of nitrogens with zero attached hydrogens (tertiary/aromatic N) is 1. The molecule has 0 radical (unpaired) electrons. The van der Waals surface area contributed by atoms with Crippen LogP contribution in [0.25, 0.3) is 0 Å². The van der Waals surface area contributed by atoms with Gasteiger partial charge in [0.15, 0.2) is 0 Å². The fourth-order valence-electron chi connectivity index (χ4n) is 1.56. The lowest BCUT2D eigenvalue weighted by atomic mass is 10.1. The molecule has 0 spiro atoms. The number of carbonyl (C=O) groups is 2. The first-order valence-electron chi connectivity index (χ1n) is 5.40. The molecule has 0 aromatic heterocycles. The van der Waals surface area contributed by atoms with Gasteiger partial charge in [-0.15, -0.1) is 6.58 Å². The number of carbonyl (C=O) groups excluding carboxylic acids is 2. The van der Waals surface area contributed by atoms with Gasteiger partial charge in [-0.2, -0.15) is 0 Å². The van der Waals surface area contributed by atoms with E-state index < -0.39 is 0 Å². The average Bonchev–Trinajstić information content (AvgIpc) is 2.54. The summed E-state index contributed by atoms with van der Waals surface area (Å²) in [5.41, 5.74) is 0. The third-order valence-corrected chi connectivity index (χ3v) is 2.44. The molecule has 0 unspecified atom stereocenters. The van der Waals surface area contributed by atoms with E-state index in [9.17, 15) is 9.59 Å². The normalized spacial score (nSPS) is 15.1. The van der Waals surface area contributed by atoms with Crippen LogP contribution in [0.3, 0.4) is 0 Å². The smallest absolute Gasteiger partial charge is 0.253 e. The van der Waals surface area contributed by atoms with E-state index in [4.69, 9.17) is 0 Å². The van der Waals surface area contributed by atoms with Gasteiger partial charge in [-0.3, -0.25) is 14.5 Å². The standard InChI is InChI=1S/C12H17NO2/c1-2-3-4-5-6-7-10-13-11(14)8-9-12(13)15/h2,8-9H,1,3-7,10H2. The van der Waals surface area contributed by atoms with Crippen LogP contribution in [0.1, 0.15) is 32.1 Å². The van der Waals surface area contributed by atoms with Gasteiger partial charge in [0.1, 0.15) is 0 Å². The summed E-state index contributed by atoms with van der Waals surface area (Å²) in [6, 6.07) is 0. The second-order valence-electron chi connectivity index (χ2n) is 3.65. The van der Waals surface area contributed by atoms with Gasteiger partial charge in [-0.1, -0.05) is 18.9 Å². The van der Waals surface area contributed by atoms with Crippen LogP contribution in [0, 0.1) is 0 Å². The SMILES string of the molecule is C=CCCCCCCN1C(=O)C=CC1=O. The molecule has 0 aromatic rings. The van der Waals surface area contributed by atoms with Gasteiger partial charge in [-0.05, 0) is 19.3 Å². The first-order valence-corrected chi connectivity index (χ1v) is 5.40. The van der Waals surface area contributed by atoms with E-state index in [-0.39, 0.29) is 11.8 Å². The summed E-state index contributed by atoms with van der Waals surface area (Å²) < 4.78 is 0. The van der Waals surface area contributed by atoms with E-state index in [1.165, 1.54) is 17.1 Å². The van der Waals surface area contributed by atoms with Crippen molar-refractivity contribution in [2.75, 3.05) is 6.54 Å². The Balaban J connectivity index is 2.08. The van der Waals surface area contributed by atoms with Crippen LogP contribution < -0.4 is 0 Å². The van der Waals surface area contributed by atoms with Crippen molar-refractivity contribution in [1.82, 2.24) is 4.90 Å². The predicted molar refractivity (Wildman–Crippen MR) is 59.1 cm³/mol. The highest BCUT2D eigenvalue weighted by Gasteiger charge is 2.21. The molecule has 0 N–H and O–H groups in total. The zero-order valence-corrected chi connectivity index (χ0v) is 8.95. The van der Waals surface area contributed by atoms with Gasteiger partial charge in [0.05, 0.1) is 0 Å². The minimum Gasteiger partial charge on any atom is -0.275 e. The zero-order valence-electron chi connectivity index (χ0n) is 8.95. The van der Waals surface area contributed by atoms with Crippen molar-refractivity contribution in [3.63, 3.8) is 0 Å². The van der Waals surface area contributed by atoms with E-state index in [1.54, 1.807) is 0 Å². The molecule has 3 heteroatoms. The number of rotatable bonds is 7. The number of imide groups is 1. The largest absolute Gasteiger partial charge is 0.275 e. The molecular weight excluding hydrogens is 190 g/mol. The van der Waals surface area contributed by atoms with E-state index in [2.05, 4.69) is 6.58 Å². The first-order chi connectivity index (χ1) is 7.25. The maximum atomic E-state index is 11.2. The highest BCUT2D eigenvalue weighted by Crippen LogP contribution is 2.08. The molecule has 3 nitrogen and oxygen atoms in total. The van der Waals surface area contributed by atoms with Crippen LogP contribution in [0.2, 0.25) is 0 Å². The highest BCUT2D eigenvalue weighted by atomic mass is 16.2. The van der Waals surface area contributed by atoms with Gasteiger partial charge in [-0.25, -0.2) is 0 Å². The molecule has 1 heterocycles. The van der Waals surface area contributed by atoms with Gasteiger partial charge in [0.2, 0.25) is 0 Å². The lowest BCUT2D eigenvalue weighted by Crippen LogP contribution is -2.30. The highest BCUT2D eigenvalue weighted by molar-refractivity contribution is 6.12. The number of hydrogen-bond donors (Lipinski definition) is 0. The topological polar surface area (TPSA) is 37.4 Å². The average molecular weight is 207 g/mol. The van der Waals surface area contributed by atoms with Crippen molar-refractivity contribution in [2.45, 2.75) is 32.1 Å². The number of unbranched alkanes of at least 4 members (excludes halogenated alkanes) is 4. The van der Waals surface area contributed by atoms with Gasteiger partial charge in [0.25, 0.3) is 11.8 Å². The van der Waals surface area contributed by atoms with Crippen LogP contribution in [-0.4, -0.2) is 23.3 Å². The Morgan fingerprint density at radius 1 is 1.07 bits per heavy atom. The Labute approximate surface area is 90.5 Å². The van der Waals surface area contributed by atoms with Crippen LogP contribution in [-0.2, 0) is 9.59 Å². The van der Waals surface area contributed by atoms with E-state index >= 15 is 0 Å². The quantitative estimate of drug-likeness (QED) is 0.364. The second kappa shape index (κ2) is 6.17. The summed E-state index contributed by atoms with van der Waals surface area (Å²) in [7, 11) is 0. The fourth-order valence-corrected chi connectivity index (χ4v) is 1.56. The molecule has 0 bridgehead atoms. The predicted octanol–water partition coefficient (Wildman–Crippen LogP) is 2.05. The van der Waals surface area contributed by atoms with Crippen molar-refractivity contribution in [2.24, 2.45) is 0 Å². The minimum absolute atomic E-state index is 0.175. The maximum Gasteiger partial charge on any atom is 0.253 e. The number of allylic oxidation sites excluding steroid dienone is 1. The Morgan fingerprint density at radius 3 is 2.27 bits per heavy atom. The molecule has 15 heavy (non-hydrogen) atoms. The van der Waals surface area contributed by atoms with E-state index in [0.717, 1.165) is 32.1 Å². The molecule has 0 aliphatic carbocycles. The van der Waals surface area contributed by atoms with Crippen molar-refractivity contribution >= 4 is 11.8 Å². The van der Waals surface area contributed by atoms with E-state index in [0.29, 0.717) is 6.54 Å². The molecule has 1 aliphatic heterocycles. The molecule has 2 amide bonds. The molecule has 1 rings (SSSR count). The summed E-state index contributed by atoms with van der Waals surface area (Å²) in [5.74, 6) is -0.350. The Kier molecular flexibility index (Phi) is 4.81. The van der Waals surface area contributed by atoms with E-state index in [1.807, 2.05) is 6.08 Å². The van der Waals surface area contributed by atoms with Gasteiger partial charge < -0.3 is 0 Å². The molecule has 0 saturated heterocycles. The Morgan fingerprint density at radius 2 is 1.67 bits per heavy atom. The molecule has 1 aliphatic rings.